The maximum Gasteiger partial charge on any atom is 0.113 e. The van der Waals surface area contributed by atoms with Gasteiger partial charge in [0.05, 0.1) is 0 Å². The van der Waals surface area contributed by atoms with Crippen molar-refractivity contribution in [1.82, 2.24) is 0 Å². The molecule has 0 aromatic rings. The molecule has 0 aromatic carbocycles. The number of nitrogens with two attached hydrogens (primary N) is 3. The quantitative estimate of drug-likeness (QED) is 0.410. The summed E-state index contributed by atoms with van der Waals surface area (Å²) >= 11 is 0. The van der Waals surface area contributed by atoms with Crippen LogP contribution in [0.4, 0.5) is 0 Å². The van der Waals surface area contributed by atoms with E-state index in [0.29, 0.717) is 11.5 Å². The van der Waals surface area contributed by atoms with Crippen LogP contribution in [0.5, 0.6) is 0 Å². The SMILES string of the molecule is CCCCCCCCCCCCCCCC(N)=C(N)N. The summed E-state index contributed by atoms with van der Waals surface area (Å²) in [5, 5.41) is 0. The van der Waals surface area contributed by atoms with E-state index in [4.69, 9.17) is 17.2 Å². The molecule has 0 atom stereocenters. The van der Waals surface area contributed by atoms with E-state index in [-0.39, 0.29) is 0 Å². The molecule has 0 radical (unpaired) electrons. The third kappa shape index (κ3) is 13.6. The Morgan fingerprint density at radius 1 is 0.550 bits per heavy atom. The normalized spacial score (nSPS) is 10.7. The lowest BCUT2D eigenvalue weighted by molar-refractivity contribution is 0.539. The van der Waals surface area contributed by atoms with Gasteiger partial charge in [-0.15, -0.1) is 0 Å². The number of hydrogen-bond donors (Lipinski definition) is 3. The number of hydrogen-bond acceptors (Lipinski definition) is 3. The topological polar surface area (TPSA) is 78.1 Å². The van der Waals surface area contributed by atoms with Crippen molar-refractivity contribution in [3.8, 4) is 0 Å². The van der Waals surface area contributed by atoms with Gasteiger partial charge in [-0.2, -0.15) is 0 Å². The number of rotatable bonds is 14. The zero-order valence-electron chi connectivity index (χ0n) is 13.6. The van der Waals surface area contributed by atoms with Crippen LogP contribution < -0.4 is 17.2 Å². The molecule has 0 heterocycles. The van der Waals surface area contributed by atoms with E-state index in [1.54, 1.807) is 0 Å². The second-order valence-corrected chi connectivity index (χ2v) is 5.97. The maximum atomic E-state index is 5.69. The average molecular weight is 284 g/mol. The third-order valence-corrected chi connectivity index (χ3v) is 3.92. The van der Waals surface area contributed by atoms with Crippen molar-refractivity contribution in [3.63, 3.8) is 0 Å². The molecule has 0 aromatic heterocycles. The predicted octanol–water partition coefficient (Wildman–Crippen LogP) is 4.51. The van der Waals surface area contributed by atoms with E-state index >= 15 is 0 Å². The predicted molar refractivity (Wildman–Crippen MR) is 89.9 cm³/mol. The molecule has 0 saturated heterocycles. The first-order valence-corrected chi connectivity index (χ1v) is 8.68. The zero-order chi connectivity index (χ0) is 15.1. The van der Waals surface area contributed by atoms with Gasteiger partial charge in [0.2, 0.25) is 0 Å². The van der Waals surface area contributed by atoms with Gasteiger partial charge in [-0.05, 0) is 12.8 Å². The molecule has 0 unspecified atom stereocenters. The summed E-state index contributed by atoms with van der Waals surface area (Å²) in [6.07, 6.45) is 18.6. The van der Waals surface area contributed by atoms with Gasteiger partial charge in [-0.1, -0.05) is 84.0 Å². The molecule has 0 aliphatic carbocycles. The Hall–Kier alpha value is -0.860. The van der Waals surface area contributed by atoms with Crippen molar-refractivity contribution < 1.29 is 0 Å². The maximum absolute atomic E-state index is 5.69. The van der Waals surface area contributed by atoms with Gasteiger partial charge in [-0.3, -0.25) is 0 Å². The minimum Gasteiger partial charge on any atom is -0.399 e. The summed E-state index contributed by atoms with van der Waals surface area (Å²) in [4.78, 5) is 0. The molecule has 0 amide bonds. The average Bonchev–Trinajstić information content (AvgIpc) is 2.43. The second-order valence-electron chi connectivity index (χ2n) is 5.97. The van der Waals surface area contributed by atoms with Gasteiger partial charge < -0.3 is 17.2 Å². The van der Waals surface area contributed by atoms with E-state index in [9.17, 15) is 0 Å². The van der Waals surface area contributed by atoms with Crippen molar-refractivity contribution in [2.45, 2.75) is 96.8 Å². The van der Waals surface area contributed by atoms with Gasteiger partial charge in [0.1, 0.15) is 5.82 Å². The van der Waals surface area contributed by atoms with Crippen molar-refractivity contribution in [3.05, 3.63) is 11.5 Å². The van der Waals surface area contributed by atoms with Crippen LogP contribution in [0.2, 0.25) is 0 Å². The molecule has 0 saturated carbocycles. The first kappa shape index (κ1) is 19.1. The summed E-state index contributed by atoms with van der Waals surface area (Å²) in [7, 11) is 0. The van der Waals surface area contributed by atoms with Crippen molar-refractivity contribution in [2.75, 3.05) is 0 Å². The van der Waals surface area contributed by atoms with Crippen molar-refractivity contribution in [2.24, 2.45) is 17.2 Å². The van der Waals surface area contributed by atoms with Crippen LogP contribution in [0, 0.1) is 0 Å². The van der Waals surface area contributed by atoms with Crippen LogP contribution in [0.3, 0.4) is 0 Å². The van der Waals surface area contributed by atoms with E-state index < -0.39 is 0 Å². The van der Waals surface area contributed by atoms with Gasteiger partial charge >= 0.3 is 0 Å². The molecule has 0 bridgehead atoms. The van der Waals surface area contributed by atoms with Gasteiger partial charge in [0.25, 0.3) is 0 Å². The lowest BCUT2D eigenvalue weighted by atomic mass is 10.0. The minimum absolute atomic E-state index is 0.295. The summed E-state index contributed by atoms with van der Waals surface area (Å²) in [5.41, 5.74) is 17.2. The Labute approximate surface area is 126 Å². The molecule has 0 fully saturated rings. The molecule has 0 spiro atoms. The molecule has 20 heavy (non-hydrogen) atoms. The van der Waals surface area contributed by atoms with Crippen LogP contribution in [0.15, 0.2) is 11.5 Å². The molecular weight excluding hydrogens is 246 g/mol. The Morgan fingerprint density at radius 3 is 1.25 bits per heavy atom. The van der Waals surface area contributed by atoms with E-state index in [0.717, 1.165) is 12.8 Å². The summed E-state index contributed by atoms with van der Waals surface area (Å²) in [5.74, 6) is 0.295. The molecule has 120 valence electrons. The Balaban J connectivity index is 3.08. The van der Waals surface area contributed by atoms with Gasteiger partial charge in [0.15, 0.2) is 0 Å². The van der Waals surface area contributed by atoms with Crippen LogP contribution in [0.25, 0.3) is 0 Å². The molecule has 6 N–H and O–H groups in total. The molecule has 3 heteroatoms. The highest BCUT2D eigenvalue weighted by Gasteiger charge is 1.96. The molecule has 0 aliphatic heterocycles. The highest BCUT2D eigenvalue weighted by molar-refractivity contribution is 5.02. The third-order valence-electron chi connectivity index (χ3n) is 3.92. The zero-order valence-corrected chi connectivity index (χ0v) is 13.6. The van der Waals surface area contributed by atoms with Crippen molar-refractivity contribution >= 4 is 0 Å². The van der Waals surface area contributed by atoms with Crippen LogP contribution in [0.1, 0.15) is 96.8 Å². The fraction of sp³-hybridized carbons (Fsp3) is 0.882. The Bertz CT molecular complexity index is 232. The number of unbranched alkanes of at least 4 members (excludes halogenated alkanes) is 12. The summed E-state index contributed by atoms with van der Waals surface area (Å²) in [6.45, 7) is 2.27. The second kappa shape index (κ2) is 14.5. The molecule has 0 rings (SSSR count). The fourth-order valence-electron chi connectivity index (χ4n) is 2.48. The molecular formula is C17H37N3. The van der Waals surface area contributed by atoms with Crippen LogP contribution in [-0.4, -0.2) is 0 Å². The standard InChI is InChI=1S/C17H37N3/c1-2-3-4-5-6-7-8-9-10-11-12-13-14-15-16(18)17(19)20/h2-15,18-20H2,1H3. The van der Waals surface area contributed by atoms with E-state index in [1.807, 2.05) is 0 Å². The first-order valence-electron chi connectivity index (χ1n) is 8.68. The lowest BCUT2D eigenvalue weighted by Crippen LogP contribution is -2.16. The first-order chi connectivity index (χ1) is 9.68. The van der Waals surface area contributed by atoms with Crippen LogP contribution in [-0.2, 0) is 0 Å². The van der Waals surface area contributed by atoms with E-state index in [1.165, 1.54) is 77.0 Å². The highest BCUT2D eigenvalue weighted by atomic mass is 14.8. The largest absolute Gasteiger partial charge is 0.399 e. The van der Waals surface area contributed by atoms with Crippen LogP contribution >= 0.6 is 0 Å². The minimum atomic E-state index is 0.295. The van der Waals surface area contributed by atoms with Crippen molar-refractivity contribution in [1.29, 1.82) is 0 Å². The highest BCUT2D eigenvalue weighted by Crippen LogP contribution is 2.13. The lowest BCUT2D eigenvalue weighted by Gasteiger charge is -2.04. The Kier molecular flexibility index (Phi) is 13.9. The van der Waals surface area contributed by atoms with Gasteiger partial charge in [0, 0.05) is 5.70 Å². The molecule has 0 aliphatic rings. The van der Waals surface area contributed by atoms with E-state index in [2.05, 4.69) is 6.92 Å². The Morgan fingerprint density at radius 2 is 0.900 bits per heavy atom. The number of allylic oxidation sites excluding steroid dienone is 1. The fourth-order valence-corrected chi connectivity index (χ4v) is 2.48. The van der Waals surface area contributed by atoms with Gasteiger partial charge in [-0.25, -0.2) is 0 Å². The monoisotopic (exact) mass is 283 g/mol. The smallest absolute Gasteiger partial charge is 0.113 e. The molecule has 3 nitrogen and oxygen atoms in total. The summed E-state index contributed by atoms with van der Waals surface area (Å²) < 4.78 is 0. The summed E-state index contributed by atoms with van der Waals surface area (Å²) in [6, 6.07) is 0.